The molecule has 132 valence electrons. The Labute approximate surface area is 150 Å². The van der Waals surface area contributed by atoms with Crippen LogP contribution < -0.4 is 14.4 Å². The van der Waals surface area contributed by atoms with Crippen LogP contribution in [0.3, 0.4) is 0 Å². The third-order valence-electron chi connectivity index (χ3n) is 4.82. The minimum absolute atomic E-state index is 0.0819. The van der Waals surface area contributed by atoms with E-state index in [0.29, 0.717) is 11.5 Å². The lowest BCUT2D eigenvalue weighted by atomic mass is 9.92. The molecule has 0 radical (unpaired) electrons. The Kier molecular flexibility index (Phi) is 4.60. The summed E-state index contributed by atoms with van der Waals surface area (Å²) in [4.78, 5) is 14.9. The van der Waals surface area contributed by atoms with Gasteiger partial charge in [-0.05, 0) is 17.7 Å². The van der Waals surface area contributed by atoms with Crippen LogP contribution in [0.15, 0.2) is 48.5 Å². The third-order valence-corrected chi connectivity index (χ3v) is 7.25. The number of benzene rings is 2. The van der Waals surface area contributed by atoms with Crippen molar-refractivity contribution in [2.45, 2.75) is 31.2 Å². The zero-order chi connectivity index (χ0) is 18.2. The van der Waals surface area contributed by atoms with E-state index in [4.69, 9.17) is 9.47 Å². The van der Waals surface area contributed by atoms with E-state index < -0.39 is 8.07 Å². The van der Waals surface area contributed by atoms with E-state index in [2.05, 4.69) is 31.8 Å². The Morgan fingerprint density at radius 2 is 1.56 bits per heavy atom. The normalized spacial score (nSPS) is 20.2. The second-order valence-corrected chi connectivity index (χ2v) is 12.8. The molecule has 1 heterocycles. The van der Waals surface area contributed by atoms with E-state index in [1.165, 1.54) is 5.56 Å². The number of hydrogen-bond donors (Lipinski definition) is 0. The SMILES string of the molecule is COc1ccc(N2C(=O)C([Si](C)(C)C)C2c2ccccc2)cc1OC. The topological polar surface area (TPSA) is 38.8 Å². The summed E-state index contributed by atoms with van der Waals surface area (Å²) in [5.41, 5.74) is 2.12. The van der Waals surface area contributed by atoms with Crippen LogP contribution in [0, 0.1) is 0 Å². The predicted octanol–water partition coefficient (Wildman–Crippen LogP) is 4.50. The van der Waals surface area contributed by atoms with Gasteiger partial charge in [-0.1, -0.05) is 50.0 Å². The van der Waals surface area contributed by atoms with Gasteiger partial charge in [-0.15, -0.1) is 0 Å². The molecule has 1 aliphatic rings. The Bertz CT molecular complexity index is 770. The molecular formula is C20H25NO3Si. The van der Waals surface area contributed by atoms with Crippen molar-refractivity contribution in [3.05, 3.63) is 54.1 Å². The summed E-state index contributed by atoms with van der Waals surface area (Å²) in [6.07, 6.45) is 0. The molecule has 1 saturated heterocycles. The number of ether oxygens (including phenoxy) is 2. The summed E-state index contributed by atoms with van der Waals surface area (Å²) >= 11 is 0. The van der Waals surface area contributed by atoms with Crippen molar-refractivity contribution in [2.75, 3.05) is 19.1 Å². The molecule has 2 aromatic rings. The number of β-lactam (4-membered cyclic amide) rings is 1. The van der Waals surface area contributed by atoms with Gasteiger partial charge < -0.3 is 14.4 Å². The van der Waals surface area contributed by atoms with E-state index in [-0.39, 0.29) is 17.5 Å². The second kappa shape index (κ2) is 6.56. The largest absolute Gasteiger partial charge is 0.493 e. The zero-order valence-corrected chi connectivity index (χ0v) is 16.4. The van der Waals surface area contributed by atoms with Crippen molar-refractivity contribution in [3.63, 3.8) is 0 Å². The van der Waals surface area contributed by atoms with Crippen LogP contribution in [0.2, 0.25) is 25.2 Å². The van der Waals surface area contributed by atoms with Crippen molar-refractivity contribution < 1.29 is 14.3 Å². The van der Waals surface area contributed by atoms with Gasteiger partial charge in [0.2, 0.25) is 5.91 Å². The molecule has 4 nitrogen and oxygen atoms in total. The van der Waals surface area contributed by atoms with Gasteiger partial charge in [0.1, 0.15) is 0 Å². The molecule has 0 saturated carbocycles. The van der Waals surface area contributed by atoms with E-state index in [1.807, 2.05) is 41.3 Å². The summed E-state index contributed by atoms with van der Waals surface area (Å²) in [6.45, 7) is 6.78. The van der Waals surface area contributed by atoms with Gasteiger partial charge in [0, 0.05) is 11.8 Å². The fourth-order valence-electron chi connectivity index (χ4n) is 3.59. The van der Waals surface area contributed by atoms with Crippen LogP contribution in [-0.2, 0) is 4.79 Å². The highest BCUT2D eigenvalue weighted by Crippen LogP contribution is 2.52. The Morgan fingerprint density at radius 3 is 2.12 bits per heavy atom. The highest BCUT2D eigenvalue weighted by Gasteiger charge is 2.54. The molecule has 1 fully saturated rings. The monoisotopic (exact) mass is 355 g/mol. The lowest BCUT2D eigenvalue weighted by molar-refractivity contribution is -0.124. The molecule has 0 spiro atoms. The van der Waals surface area contributed by atoms with Gasteiger partial charge >= 0.3 is 0 Å². The second-order valence-electron chi connectivity index (χ2n) is 7.45. The molecule has 25 heavy (non-hydrogen) atoms. The summed E-state index contributed by atoms with van der Waals surface area (Å²) in [5, 5.41) is 0. The first-order valence-corrected chi connectivity index (χ1v) is 12.1. The van der Waals surface area contributed by atoms with Crippen LogP contribution in [-0.4, -0.2) is 28.2 Å². The van der Waals surface area contributed by atoms with E-state index in [1.54, 1.807) is 14.2 Å². The number of amides is 1. The van der Waals surface area contributed by atoms with E-state index in [0.717, 1.165) is 5.69 Å². The maximum atomic E-state index is 13.0. The minimum Gasteiger partial charge on any atom is -0.493 e. The summed E-state index contributed by atoms with van der Waals surface area (Å²) in [7, 11) is 1.58. The Hall–Kier alpha value is -2.27. The smallest absolute Gasteiger partial charge is 0.230 e. The number of hydrogen-bond acceptors (Lipinski definition) is 3. The van der Waals surface area contributed by atoms with Gasteiger partial charge in [-0.25, -0.2) is 0 Å². The predicted molar refractivity (Wildman–Crippen MR) is 103 cm³/mol. The molecule has 2 aromatic carbocycles. The fraction of sp³-hybridized carbons (Fsp3) is 0.350. The molecule has 3 rings (SSSR count). The fourth-order valence-corrected chi connectivity index (χ4v) is 5.76. The molecule has 2 atom stereocenters. The van der Waals surface area contributed by atoms with E-state index in [9.17, 15) is 4.79 Å². The van der Waals surface area contributed by atoms with Crippen molar-refractivity contribution in [1.82, 2.24) is 0 Å². The number of rotatable bonds is 5. The van der Waals surface area contributed by atoms with Crippen LogP contribution in [0.1, 0.15) is 11.6 Å². The highest BCUT2D eigenvalue weighted by molar-refractivity contribution is 6.81. The first-order valence-electron chi connectivity index (χ1n) is 8.48. The van der Waals surface area contributed by atoms with Crippen LogP contribution >= 0.6 is 0 Å². The highest BCUT2D eigenvalue weighted by atomic mass is 28.3. The molecule has 1 amide bonds. The molecule has 5 heteroatoms. The van der Waals surface area contributed by atoms with Gasteiger partial charge in [-0.3, -0.25) is 4.79 Å². The minimum atomic E-state index is -1.64. The maximum Gasteiger partial charge on any atom is 0.230 e. The van der Waals surface area contributed by atoms with E-state index >= 15 is 0 Å². The first-order chi connectivity index (χ1) is 11.9. The number of carbonyl (C=O) groups is 1. The lowest BCUT2D eigenvalue weighted by Gasteiger charge is -2.52. The van der Waals surface area contributed by atoms with Gasteiger partial charge in [0.25, 0.3) is 0 Å². The quantitative estimate of drug-likeness (QED) is 0.585. The van der Waals surface area contributed by atoms with Gasteiger partial charge in [0.05, 0.1) is 33.9 Å². The van der Waals surface area contributed by atoms with Crippen LogP contribution in [0.5, 0.6) is 11.5 Å². The lowest BCUT2D eigenvalue weighted by Crippen LogP contribution is -2.59. The van der Waals surface area contributed by atoms with Crippen LogP contribution in [0.4, 0.5) is 5.69 Å². The van der Waals surface area contributed by atoms with Crippen molar-refractivity contribution in [2.24, 2.45) is 0 Å². The molecule has 0 aliphatic carbocycles. The number of nitrogens with zero attached hydrogens (tertiary/aromatic N) is 1. The molecule has 0 bridgehead atoms. The van der Waals surface area contributed by atoms with Crippen LogP contribution in [0.25, 0.3) is 0 Å². The van der Waals surface area contributed by atoms with Gasteiger partial charge in [-0.2, -0.15) is 0 Å². The van der Waals surface area contributed by atoms with Crippen molar-refractivity contribution in [1.29, 1.82) is 0 Å². The number of anilines is 1. The Morgan fingerprint density at radius 1 is 0.920 bits per heavy atom. The standard InChI is InChI=1S/C20H25NO3Si/c1-23-16-12-11-15(13-17(16)24-2)21-18(14-9-7-6-8-10-14)19(20(21)22)25(3,4)5/h6-13,18-19H,1-5H3. The Balaban J connectivity index is 2.04. The number of methoxy groups -OCH3 is 2. The summed E-state index contributed by atoms with van der Waals surface area (Å²) in [5.74, 6) is 1.51. The average Bonchev–Trinajstić information content (AvgIpc) is 2.58. The number of carbonyl (C=O) groups excluding carboxylic acids is 1. The van der Waals surface area contributed by atoms with Crippen molar-refractivity contribution in [3.8, 4) is 11.5 Å². The maximum absolute atomic E-state index is 13.0. The zero-order valence-electron chi connectivity index (χ0n) is 15.4. The molecule has 0 N–H and O–H groups in total. The molecular weight excluding hydrogens is 330 g/mol. The third kappa shape index (κ3) is 3.04. The van der Waals surface area contributed by atoms with Crippen molar-refractivity contribution >= 4 is 19.7 Å². The summed E-state index contributed by atoms with van der Waals surface area (Å²) < 4.78 is 10.7. The summed E-state index contributed by atoms with van der Waals surface area (Å²) in [6, 6.07) is 16.0. The molecule has 0 aromatic heterocycles. The average molecular weight is 356 g/mol. The first kappa shape index (κ1) is 17.5. The van der Waals surface area contributed by atoms with Gasteiger partial charge in [0.15, 0.2) is 11.5 Å². The molecule has 2 unspecified atom stereocenters. The molecule has 1 aliphatic heterocycles.